The first-order chi connectivity index (χ1) is 17.7. The molecule has 7 nitrogen and oxygen atoms in total. The van der Waals surface area contributed by atoms with Crippen molar-refractivity contribution in [2.45, 2.75) is 18.7 Å². The smallest absolute Gasteiger partial charge is 0.264 e. The van der Waals surface area contributed by atoms with Crippen molar-refractivity contribution in [3.05, 3.63) is 111 Å². The van der Waals surface area contributed by atoms with Gasteiger partial charge in [-0.25, -0.2) is 13.8 Å². The fourth-order valence-corrected chi connectivity index (χ4v) is 6.07. The molecule has 4 aromatic rings. The average molecular weight is 644 g/mol. The number of carbonyl (C=O) groups is 1. The van der Waals surface area contributed by atoms with Gasteiger partial charge in [-0.3, -0.25) is 9.10 Å². The minimum atomic E-state index is -3.99. The summed E-state index contributed by atoms with van der Waals surface area (Å²) in [6, 6.07) is 24.6. The molecule has 190 valence electrons. The predicted molar refractivity (Wildman–Crippen MR) is 154 cm³/mol. The number of hydrazone groups is 1. The second-order valence-corrected chi connectivity index (χ2v) is 11.8. The van der Waals surface area contributed by atoms with Gasteiger partial charge in [-0.15, -0.1) is 0 Å². The Kier molecular flexibility index (Phi) is 8.31. The van der Waals surface area contributed by atoms with Crippen LogP contribution in [0.5, 0.6) is 0 Å². The number of benzene rings is 3. The van der Waals surface area contributed by atoms with Crippen molar-refractivity contribution >= 4 is 59.7 Å². The normalized spacial score (nSPS) is 11.6. The highest BCUT2D eigenvalue weighted by Crippen LogP contribution is 2.27. The van der Waals surface area contributed by atoms with Crippen molar-refractivity contribution in [2.75, 3.05) is 10.8 Å². The molecule has 10 heteroatoms. The summed E-state index contributed by atoms with van der Waals surface area (Å²) < 4.78 is 31.7. The molecule has 0 saturated heterocycles. The maximum atomic E-state index is 13.4. The molecule has 1 aromatic heterocycles. The fourth-order valence-electron chi connectivity index (χ4n) is 3.90. The zero-order chi connectivity index (χ0) is 26.6. The van der Waals surface area contributed by atoms with Gasteiger partial charge in [0.2, 0.25) is 0 Å². The van der Waals surface area contributed by atoms with E-state index in [2.05, 4.69) is 47.0 Å². The van der Waals surface area contributed by atoms with E-state index in [1.54, 1.807) is 48.7 Å². The Labute approximate surface area is 233 Å². The van der Waals surface area contributed by atoms with Gasteiger partial charge in [0, 0.05) is 25.9 Å². The minimum Gasteiger partial charge on any atom is -0.317 e. The summed E-state index contributed by atoms with van der Waals surface area (Å²) in [5, 5.41) is 4.11. The molecular weight excluding hydrogens is 620 g/mol. The molecule has 3 aromatic carbocycles. The number of nitrogens with zero attached hydrogens (tertiary/aromatic N) is 3. The first kappa shape index (κ1) is 26.8. The Morgan fingerprint density at radius 1 is 0.973 bits per heavy atom. The zero-order valence-electron chi connectivity index (χ0n) is 20.1. The highest BCUT2D eigenvalue weighted by molar-refractivity contribution is 9.10. The van der Waals surface area contributed by atoms with E-state index in [-0.39, 0.29) is 4.90 Å². The largest absolute Gasteiger partial charge is 0.317 e. The van der Waals surface area contributed by atoms with Crippen LogP contribution in [0.1, 0.15) is 17.0 Å². The van der Waals surface area contributed by atoms with Crippen LogP contribution < -0.4 is 9.73 Å². The van der Waals surface area contributed by atoms with Crippen LogP contribution in [0.2, 0.25) is 0 Å². The molecule has 4 rings (SSSR count). The van der Waals surface area contributed by atoms with Crippen LogP contribution in [0.4, 0.5) is 5.69 Å². The number of hydrogen-bond acceptors (Lipinski definition) is 4. The summed E-state index contributed by atoms with van der Waals surface area (Å²) >= 11 is 6.95. The zero-order valence-corrected chi connectivity index (χ0v) is 24.1. The van der Waals surface area contributed by atoms with Crippen LogP contribution in [0, 0.1) is 13.8 Å². The van der Waals surface area contributed by atoms with E-state index in [4.69, 9.17) is 0 Å². The Hall–Kier alpha value is -3.21. The van der Waals surface area contributed by atoms with Crippen molar-refractivity contribution in [3.63, 3.8) is 0 Å². The maximum Gasteiger partial charge on any atom is 0.264 e. The molecule has 0 aliphatic carbocycles. The second-order valence-electron chi connectivity index (χ2n) is 8.21. The lowest BCUT2D eigenvalue weighted by atomic mass is 10.2. The monoisotopic (exact) mass is 642 g/mol. The number of carbonyl (C=O) groups excluding carboxylic acids is 1. The number of hydrogen-bond donors (Lipinski definition) is 1. The molecule has 0 atom stereocenters. The number of anilines is 1. The molecule has 0 aliphatic heterocycles. The van der Waals surface area contributed by atoms with Crippen molar-refractivity contribution in [3.8, 4) is 5.69 Å². The molecule has 1 heterocycles. The molecule has 1 N–H and O–H groups in total. The lowest BCUT2D eigenvalue weighted by Crippen LogP contribution is -2.39. The van der Waals surface area contributed by atoms with E-state index in [9.17, 15) is 13.2 Å². The Morgan fingerprint density at radius 3 is 2.30 bits per heavy atom. The first-order valence-corrected chi connectivity index (χ1v) is 14.3. The number of sulfonamides is 1. The number of para-hydroxylation sites is 1. The predicted octanol–water partition coefficient (Wildman–Crippen LogP) is 5.96. The van der Waals surface area contributed by atoms with Gasteiger partial charge >= 0.3 is 0 Å². The minimum absolute atomic E-state index is 0.0914. The van der Waals surface area contributed by atoms with Crippen molar-refractivity contribution in [1.82, 2.24) is 9.99 Å². The summed E-state index contributed by atoms with van der Waals surface area (Å²) in [7, 11) is -3.99. The molecule has 0 aliphatic rings. The number of nitrogens with one attached hydrogen (secondary N) is 1. The van der Waals surface area contributed by atoms with Gasteiger partial charge in [-0.1, -0.05) is 46.3 Å². The van der Waals surface area contributed by atoms with Gasteiger partial charge in [0.15, 0.2) is 0 Å². The standard InChI is InChI=1S/C27H24Br2N4O3S/c1-19-16-21(20(2)33(19)26-11-7-6-10-25(26)29)17-30-31-27(34)18-32(23-14-12-22(28)13-15-23)37(35,36)24-8-4-3-5-9-24/h3-17H,18H2,1-2H3,(H,31,34)/b30-17-. The molecule has 0 saturated carbocycles. The summed E-state index contributed by atoms with van der Waals surface area (Å²) in [6.45, 7) is 3.52. The summed E-state index contributed by atoms with van der Waals surface area (Å²) in [5.74, 6) is -0.571. The van der Waals surface area contributed by atoms with E-state index in [0.29, 0.717) is 5.69 Å². The van der Waals surface area contributed by atoms with E-state index in [1.165, 1.54) is 12.1 Å². The van der Waals surface area contributed by atoms with Gasteiger partial charge in [-0.05, 0) is 84.4 Å². The molecule has 37 heavy (non-hydrogen) atoms. The number of aryl methyl sites for hydroxylation is 1. The van der Waals surface area contributed by atoms with Gasteiger partial charge in [0.05, 0.1) is 22.5 Å². The third-order valence-corrected chi connectivity index (χ3v) is 8.68. The highest BCUT2D eigenvalue weighted by Gasteiger charge is 2.27. The number of amides is 1. The maximum absolute atomic E-state index is 13.4. The second kappa shape index (κ2) is 11.5. The van der Waals surface area contributed by atoms with Gasteiger partial charge in [0.25, 0.3) is 15.9 Å². The van der Waals surface area contributed by atoms with E-state index >= 15 is 0 Å². The Balaban J connectivity index is 1.55. The highest BCUT2D eigenvalue weighted by atomic mass is 79.9. The number of halogens is 2. The molecule has 0 spiro atoms. The van der Waals surface area contributed by atoms with E-state index < -0.39 is 22.5 Å². The molecule has 1 amide bonds. The van der Waals surface area contributed by atoms with Crippen LogP contribution >= 0.6 is 31.9 Å². The third-order valence-electron chi connectivity index (χ3n) is 5.69. The van der Waals surface area contributed by atoms with Crippen molar-refractivity contribution in [2.24, 2.45) is 5.10 Å². The van der Waals surface area contributed by atoms with Crippen LogP contribution in [-0.2, 0) is 14.8 Å². The SMILES string of the molecule is Cc1cc(/C=N\NC(=O)CN(c2ccc(Br)cc2)S(=O)(=O)c2ccccc2)c(C)n1-c1ccccc1Br. The van der Waals surface area contributed by atoms with Crippen LogP contribution in [-0.4, -0.2) is 31.7 Å². The average Bonchev–Trinajstić information content (AvgIpc) is 3.16. The van der Waals surface area contributed by atoms with E-state index in [0.717, 1.165) is 35.9 Å². The molecule has 0 fully saturated rings. The summed E-state index contributed by atoms with van der Waals surface area (Å²) in [5.41, 5.74) is 6.62. The van der Waals surface area contributed by atoms with Crippen molar-refractivity contribution in [1.29, 1.82) is 0 Å². The van der Waals surface area contributed by atoms with Gasteiger partial charge < -0.3 is 4.57 Å². The molecule has 0 unspecified atom stereocenters. The fraction of sp³-hybridized carbons (Fsp3) is 0.111. The molecule has 0 radical (unpaired) electrons. The molecular formula is C27H24Br2N4O3S. The first-order valence-electron chi connectivity index (χ1n) is 11.3. The number of rotatable bonds is 8. The van der Waals surface area contributed by atoms with Crippen LogP contribution in [0.3, 0.4) is 0 Å². The number of aromatic nitrogens is 1. The topological polar surface area (TPSA) is 83.8 Å². The van der Waals surface area contributed by atoms with Crippen molar-refractivity contribution < 1.29 is 13.2 Å². The van der Waals surface area contributed by atoms with Gasteiger partial charge in [0.1, 0.15) is 6.54 Å². The third kappa shape index (κ3) is 6.03. The lowest BCUT2D eigenvalue weighted by Gasteiger charge is -2.23. The quantitative estimate of drug-likeness (QED) is 0.190. The van der Waals surface area contributed by atoms with Crippen LogP contribution in [0.15, 0.2) is 104 Å². The Bertz CT molecular complexity index is 1550. The van der Waals surface area contributed by atoms with Crippen LogP contribution in [0.25, 0.3) is 5.69 Å². The Morgan fingerprint density at radius 2 is 1.62 bits per heavy atom. The van der Waals surface area contributed by atoms with E-state index in [1.807, 2.05) is 44.2 Å². The molecule has 0 bridgehead atoms. The summed E-state index contributed by atoms with van der Waals surface area (Å²) in [6.07, 6.45) is 1.56. The van der Waals surface area contributed by atoms with Gasteiger partial charge in [-0.2, -0.15) is 5.10 Å². The lowest BCUT2D eigenvalue weighted by molar-refractivity contribution is -0.119. The summed E-state index contributed by atoms with van der Waals surface area (Å²) in [4.78, 5) is 12.9.